The van der Waals surface area contributed by atoms with Gasteiger partial charge in [0, 0.05) is 24.5 Å². The van der Waals surface area contributed by atoms with Crippen molar-refractivity contribution in [3.05, 3.63) is 47.8 Å². The summed E-state index contributed by atoms with van der Waals surface area (Å²) in [6, 6.07) is 8.94. The molecule has 2 heterocycles. The van der Waals surface area contributed by atoms with Crippen LogP contribution >= 0.6 is 0 Å². The number of fused-ring (bicyclic) bond motifs is 1. The van der Waals surface area contributed by atoms with E-state index >= 15 is 0 Å². The maximum Gasteiger partial charge on any atom is 0.0548 e. The van der Waals surface area contributed by atoms with Gasteiger partial charge < -0.3 is 5.32 Å². The van der Waals surface area contributed by atoms with Gasteiger partial charge in [-0.1, -0.05) is 18.2 Å². The van der Waals surface area contributed by atoms with E-state index in [9.17, 15) is 0 Å². The number of benzene rings is 1. The molecule has 0 fully saturated rings. The molecule has 1 aliphatic heterocycles. The van der Waals surface area contributed by atoms with Crippen LogP contribution in [0.2, 0.25) is 0 Å². The van der Waals surface area contributed by atoms with Gasteiger partial charge in [-0.15, -0.1) is 0 Å². The number of nitrogens with one attached hydrogen (secondary N) is 1. The molecule has 1 aromatic heterocycles. The lowest BCUT2D eigenvalue weighted by atomic mass is 9.95. The van der Waals surface area contributed by atoms with E-state index in [1.165, 1.54) is 16.8 Å². The number of para-hydroxylation sites is 1. The van der Waals surface area contributed by atoms with Gasteiger partial charge in [0.15, 0.2) is 0 Å². The van der Waals surface area contributed by atoms with Crippen molar-refractivity contribution in [1.82, 2.24) is 9.78 Å². The fourth-order valence-corrected chi connectivity index (χ4v) is 2.31. The Kier molecular flexibility index (Phi) is 2.17. The van der Waals surface area contributed by atoms with Crippen molar-refractivity contribution >= 4 is 5.69 Å². The standard InChI is InChI=1S/C13H15N3/c1-16-9-11(8-14-16)13-7-6-10-4-2-3-5-12(10)15-13/h2-5,8-9,13,15H,6-7H2,1H3. The third-order valence-electron chi connectivity index (χ3n) is 3.18. The first-order chi connectivity index (χ1) is 7.83. The molecule has 0 saturated carbocycles. The molecule has 1 aliphatic rings. The molecule has 0 amide bonds. The topological polar surface area (TPSA) is 29.9 Å². The molecular formula is C13H15N3. The molecule has 0 radical (unpaired) electrons. The first-order valence-corrected chi connectivity index (χ1v) is 5.66. The first kappa shape index (κ1) is 9.46. The zero-order valence-electron chi connectivity index (χ0n) is 9.35. The van der Waals surface area contributed by atoms with E-state index in [1.54, 1.807) is 0 Å². The number of nitrogens with zero attached hydrogens (tertiary/aromatic N) is 2. The predicted octanol–water partition coefficient (Wildman–Crippen LogP) is 2.52. The minimum Gasteiger partial charge on any atom is -0.378 e. The van der Waals surface area contributed by atoms with Gasteiger partial charge in [0.2, 0.25) is 0 Å². The van der Waals surface area contributed by atoms with Crippen molar-refractivity contribution in [2.45, 2.75) is 18.9 Å². The van der Waals surface area contributed by atoms with E-state index in [1.807, 2.05) is 17.9 Å². The summed E-state index contributed by atoms with van der Waals surface area (Å²) in [6.45, 7) is 0. The molecule has 2 aromatic rings. The average Bonchev–Trinajstić information content (AvgIpc) is 2.75. The van der Waals surface area contributed by atoms with Gasteiger partial charge in [-0.25, -0.2) is 0 Å². The molecule has 3 heteroatoms. The number of aromatic nitrogens is 2. The molecule has 3 nitrogen and oxygen atoms in total. The van der Waals surface area contributed by atoms with Gasteiger partial charge in [-0.3, -0.25) is 4.68 Å². The summed E-state index contributed by atoms with van der Waals surface area (Å²) >= 11 is 0. The number of aryl methyl sites for hydroxylation is 2. The second kappa shape index (κ2) is 3.67. The molecule has 1 N–H and O–H groups in total. The lowest BCUT2D eigenvalue weighted by molar-refractivity contribution is 0.666. The highest BCUT2D eigenvalue weighted by Crippen LogP contribution is 2.31. The molecule has 0 aliphatic carbocycles. The lowest BCUT2D eigenvalue weighted by Crippen LogP contribution is -2.17. The Hall–Kier alpha value is -1.77. The van der Waals surface area contributed by atoms with Crippen LogP contribution in [-0.4, -0.2) is 9.78 Å². The minimum atomic E-state index is 0.406. The van der Waals surface area contributed by atoms with Crippen molar-refractivity contribution in [2.75, 3.05) is 5.32 Å². The average molecular weight is 213 g/mol. The molecule has 1 unspecified atom stereocenters. The number of hydrogen-bond donors (Lipinski definition) is 1. The fraction of sp³-hybridized carbons (Fsp3) is 0.308. The highest BCUT2D eigenvalue weighted by atomic mass is 15.2. The van der Waals surface area contributed by atoms with Crippen LogP contribution in [0.25, 0.3) is 0 Å². The van der Waals surface area contributed by atoms with Gasteiger partial charge >= 0.3 is 0 Å². The number of rotatable bonds is 1. The van der Waals surface area contributed by atoms with Crippen molar-refractivity contribution in [1.29, 1.82) is 0 Å². The molecular weight excluding hydrogens is 198 g/mol. The van der Waals surface area contributed by atoms with Crippen LogP contribution in [0.1, 0.15) is 23.6 Å². The predicted molar refractivity (Wildman–Crippen MR) is 64.3 cm³/mol. The summed E-state index contributed by atoms with van der Waals surface area (Å²) in [6.07, 6.45) is 6.32. The smallest absolute Gasteiger partial charge is 0.0548 e. The first-order valence-electron chi connectivity index (χ1n) is 5.66. The minimum absolute atomic E-state index is 0.406. The van der Waals surface area contributed by atoms with Gasteiger partial charge in [0.05, 0.1) is 12.2 Å². The van der Waals surface area contributed by atoms with Crippen molar-refractivity contribution in [2.24, 2.45) is 7.05 Å². The van der Waals surface area contributed by atoms with Crippen LogP contribution in [-0.2, 0) is 13.5 Å². The van der Waals surface area contributed by atoms with Crippen LogP contribution in [0.5, 0.6) is 0 Å². The zero-order valence-corrected chi connectivity index (χ0v) is 9.35. The molecule has 3 rings (SSSR count). The van der Waals surface area contributed by atoms with Crippen LogP contribution in [0.4, 0.5) is 5.69 Å². The van der Waals surface area contributed by atoms with E-state index in [0.717, 1.165) is 12.8 Å². The van der Waals surface area contributed by atoms with Crippen molar-refractivity contribution in [3.8, 4) is 0 Å². The fourth-order valence-electron chi connectivity index (χ4n) is 2.31. The normalized spacial score (nSPS) is 18.9. The van der Waals surface area contributed by atoms with Crippen LogP contribution in [0.3, 0.4) is 0 Å². The third kappa shape index (κ3) is 1.58. The van der Waals surface area contributed by atoms with Crippen molar-refractivity contribution < 1.29 is 0 Å². The van der Waals surface area contributed by atoms with Gasteiger partial charge in [0.1, 0.15) is 0 Å². The summed E-state index contributed by atoms with van der Waals surface area (Å²) in [4.78, 5) is 0. The van der Waals surface area contributed by atoms with E-state index in [4.69, 9.17) is 0 Å². The maximum absolute atomic E-state index is 4.22. The number of hydrogen-bond acceptors (Lipinski definition) is 2. The number of anilines is 1. The summed E-state index contributed by atoms with van der Waals surface area (Å²) in [5.41, 5.74) is 3.96. The quantitative estimate of drug-likeness (QED) is 0.788. The van der Waals surface area contributed by atoms with E-state index in [0.29, 0.717) is 6.04 Å². The second-order valence-electron chi connectivity index (χ2n) is 4.34. The highest BCUT2D eigenvalue weighted by molar-refractivity contribution is 5.54. The van der Waals surface area contributed by atoms with Crippen molar-refractivity contribution in [3.63, 3.8) is 0 Å². The monoisotopic (exact) mass is 213 g/mol. The van der Waals surface area contributed by atoms with Crippen LogP contribution in [0, 0.1) is 0 Å². The Morgan fingerprint density at radius 3 is 3.06 bits per heavy atom. The van der Waals surface area contributed by atoms with Gasteiger partial charge in [-0.2, -0.15) is 5.10 Å². The summed E-state index contributed by atoms with van der Waals surface area (Å²) in [5, 5.41) is 7.80. The van der Waals surface area contributed by atoms with E-state index in [-0.39, 0.29) is 0 Å². The Bertz CT molecular complexity index is 501. The van der Waals surface area contributed by atoms with E-state index < -0.39 is 0 Å². The summed E-state index contributed by atoms with van der Waals surface area (Å²) in [5.74, 6) is 0. The Labute approximate surface area is 95.1 Å². The molecule has 82 valence electrons. The Morgan fingerprint density at radius 1 is 1.38 bits per heavy atom. The maximum atomic E-state index is 4.22. The molecule has 1 aromatic carbocycles. The van der Waals surface area contributed by atoms with Crippen LogP contribution < -0.4 is 5.32 Å². The van der Waals surface area contributed by atoms with E-state index in [2.05, 4.69) is 40.9 Å². The van der Waals surface area contributed by atoms with Crippen LogP contribution in [0.15, 0.2) is 36.7 Å². The largest absolute Gasteiger partial charge is 0.378 e. The third-order valence-corrected chi connectivity index (χ3v) is 3.18. The van der Waals surface area contributed by atoms with Gasteiger partial charge in [-0.05, 0) is 24.5 Å². The molecule has 0 saturated heterocycles. The second-order valence-corrected chi connectivity index (χ2v) is 4.34. The SMILES string of the molecule is Cn1cc(C2CCc3ccccc3N2)cn1. The molecule has 0 spiro atoms. The molecule has 1 atom stereocenters. The summed E-state index contributed by atoms with van der Waals surface area (Å²) in [7, 11) is 1.96. The van der Waals surface area contributed by atoms with Gasteiger partial charge in [0.25, 0.3) is 0 Å². The Morgan fingerprint density at radius 2 is 2.25 bits per heavy atom. The zero-order chi connectivity index (χ0) is 11.0. The highest BCUT2D eigenvalue weighted by Gasteiger charge is 2.19. The molecule has 16 heavy (non-hydrogen) atoms. The Balaban J connectivity index is 1.88. The summed E-state index contributed by atoms with van der Waals surface area (Å²) < 4.78 is 1.86. The molecule has 0 bridgehead atoms. The lowest BCUT2D eigenvalue weighted by Gasteiger charge is -2.26.